The summed E-state index contributed by atoms with van der Waals surface area (Å²) < 4.78 is 0. The molecule has 0 aromatic carbocycles. The van der Waals surface area contributed by atoms with E-state index in [0.29, 0.717) is 18.0 Å². The maximum absolute atomic E-state index is 12.4. The summed E-state index contributed by atoms with van der Waals surface area (Å²) in [5.74, 6) is 0.545. The van der Waals surface area contributed by atoms with Crippen molar-refractivity contribution in [1.29, 1.82) is 0 Å². The summed E-state index contributed by atoms with van der Waals surface area (Å²) in [6, 6.07) is 0.875. The molecular formula is C14H28N2O. The standard InChI is InChI=1S/C14H28N2O/c1-5-8-11(4)14(17)16-10-12(6-2)15-9-13(16)7-3/h11-13,15H,5-10H2,1-4H3. The summed E-state index contributed by atoms with van der Waals surface area (Å²) in [5.41, 5.74) is 0. The van der Waals surface area contributed by atoms with Crippen LogP contribution in [0.15, 0.2) is 0 Å². The largest absolute Gasteiger partial charge is 0.337 e. The highest BCUT2D eigenvalue weighted by Crippen LogP contribution is 2.17. The fraction of sp³-hybridized carbons (Fsp3) is 0.929. The Bertz CT molecular complexity index is 242. The highest BCUT2D eigenvalue weighted by molar-refractivity contribution is 5.79. The van der Waals surface area contributed by atoms with E-state index in [2.05, 4.69) is 37.9 Å². The quantitative estimate of drug-likeness (QED) is 0.800. The van der Waals surface area contributed by atoms with Crippen LogP contribution in [0, 0.1) is 5.92 Å². The molecule has 0 spiro atoms. The monoisotopic (exact) mass is 240 g/mol. The van der Waals surface area contributed by atoms with E-state index < -0.39 is 0 Å². The van der Waals surface area contributed by atoms with Gasteiger partial charge in [0.15, 0.2) is 0 Å². The fourth-order valence-corrected chi connectivity index (χ4v) is 2.61. The van der Waals surface area contributed by atoms with Crippen molar-refractivity contribution in [2.75, 3.05) is 13.1 Å². The van der Waals surface area contributed by atoms with E-state index in [1.807, 2.05) is 0 Å². The van der Waals surface area contributed by atoms with Crippen molar-refractivity contribution < 1.29 is 4.79 Å². The number of carbonyl (C=O) groups excluding carboxylic acids is 1. The van der Waals surface area contributed by atoms with E-state index in [4.69, 9.17) is 0 Å². The number of carbonyl (C=O) groups is 1. The number of nitrogens with zero attached hydrogens (tertiary/aromatic N) is 1. The van der Waals surface area contributed by atoms with Crippen LogP contribution >= 0.6 is 0 Å². The Labute approximate surface area is 106 Å². The maximum Gasteiger partial charge on any atom is 0.225 e. The summed E-state index contributed by atoms with van der Waals surface area (Å²) in [7, 11) is 0. The average Bonchev–Trinajstić information content (AvgIpc) is 2.37. The number of amides is 1. The summed E-state index contributed by atoms with van der Waals surface area (Å²) in [6.45, 7) is 10.4. The third-order valence-corrected chi connectivity index (χ3v) is 3.89. The van der Waals surface area contributed by atoms with Crippen molar-refractivity contribution in [3.8, 4) is 0 Å². The number of hydrogen-bond donors (Lipinski definition) is 1. The number of piperazine rings is 1. The second-order valence-corrected chi connectivity index (χ2v) is 5.26. The van der Waals surface area contributed by atoms with Gasteiger partial charge >= 0.3 is 0 Å². The normalized spacial score (nSPS) is 26.9. The van der Waals surface area contributed by atoms with E-state index >= 15 is 0 Å². The lowest BCUT2D eigenvalue weighted by atomic mass is 9.99. The molecule has 1 rings (SSSR count). The van der Waals surface area contributed by atoms with Gasteiger partial charge < -0.3 is 10.2 Å². The van der Waals surface area contributed by atoms with Gasteiger partial charge in [0.2, 0.25) is 5.91 Å². The van der Waals surface area contributed by atoms with E-state index in [1.165, 1.54) is 0 Å². The molecule has 1 N–H and O–H groups in total. The first-order valence-corrected chi connectivity index (χ1v) is 7.17. The predicted molar refractivity (Wildman–Crippen MR) is 71.9 cm³/mol. The van der Waals surface area contributed by atoms with Crippen LogP contribution in [-0.4, -0.2) is 36.0 Å². The van der Waals surface area contributed by atoms with Crippen molar-refractivity contribution in [2.45, 2.75) is 65.5 Å². The first-order valence-electron chi connectivity index (χ1n) is 7.17. The van der Waals surface area contributed by atoms with E-state index in [9.17, 15) is 4.79 Å². The van der Waals surface area contributed by atoms with Gasteiger partial charge in [0.25, 0.3) is 0 Å². The molecule has 3 nitrogen and oxygen atoms in total. The SMILES string of the molecule is CCCC(C)C(=O)N1CC(CC)NCC1CC. The van der Waals surface area contributed by atoms with Crippen LogP contribution in [0.25, 0.3) is 0 Å². The molecule has 1 aliphatic rings. The summed E-state index contributed by atoms with van der Waals surface area (Å²) in [4.78, 5) is 14.5. The predicted octanol–water partition coefficient (Wildman–Crippen LogP) is 2.41. The van der Waals surface area contributed by atoms with Crippen LogP contribution in [-0.2, 0) is 4.79 Å². The van der Waals surface area contributed by atoms with Crippen molar-refractivity contribution >= 4 is 5.91 Å². The lowest BCUT2D eigenvalue weighted by Crippen LogP contribution is -2.58. The molecule has 1 heterocycles. The minimum absolute atomic E-state index is 0.185. The Morgan fingerprint density at radius 2 is 2.06 bits per heavy atom. The van der Waals surface area contributed by atoms with Gasteiger partial charge in [-0.15, -0.1) is 0 Å². The zero-order valence-corrected chi connectivity index (χ0v) is 11.8. The number of rotatable bonds is 5. The van der Waals surface area contributed by atoms with Gasteiger partial charge in [-0.3, -0.25) is 4.79 Å². The van der Waals surface area contributed by atoms with Crippen LogP contribution in [0.5, 0.6) is 0 Å². The first kappa shape index (κ1) is 14.5. The molecule has 0 saturated carbocycles. The Balaban J connectivity index is 2.65. The van der Waals surface area contributed by atoms with Gasteiger partial charge in [0.1, 0.15) is 0 Å². The lowest BCUT2D eigenvalue weighted by molar-refractivity contribution is -0.139. The molecular weight excluding hydrogens is 212 g/mol. The molecule has 0 radical (unpaired) electrons. The Kier molecular flexibility index (Phi) is 5.96. The van der Waals surface area contributed by atoms with Crippen LogP contribution < -0.4 is 5.32 Å². The second kappa shape index (κ2) is 7.00. The molecule has 0 aromatic rings. The Hall–Kier alpha value is -0.570. The maximum atomic E-state index is 12.4. The minimum atomic E-state index is 0.185. The molecule has 0 bridgehead atoms. The molecule has 100 valence electrons. The van der Waals surface area contributed by atoms with Crippen molar-refractivity contribution in [3.63, 3.8) is 0 Å². The van der Waals surface area contributed by atoms with Gasteiger partial charge in [-0.1, -0.05) is 34.1 Å². The average molecular weight is 240 g/mol. The molecule has 17 heavy (non-hydrogen) atoms. The van der Waals surface area contributed by atoms with Gasteiger partial charge in [0, 0.05) is 31.1 Å². The minimum Gasteiger partial charge on any atom is -0.337 e. The Morgan fingerprint density at radius 1 is 1.35 bits per heavy atom. The fourth-order valence-electron chi connectivity index (χ4n) is 2.61. The third-order valence-electron chi connectivity index (χ3n) is 3.89. The Morgan fingerprint density at radius 3 is 2.59 bits per heavy atom. The van der Waals surface area contributed by atoms with Crippen molar-refractivity contribution in [3.05, 3.63) is 0 Å². The summed E-state index contributed by atoms with van der Waals surface area (Å²) in [6.07, 6.45) is 4.25. The number of hydrogen-bond acceptors (Lipinski definition) is 2. The molecule has 0 aromatic heterocycles. The molecule has 3 heteroatoms. The number of nitrogens with one attached hydrogen (secondary N) is 1. The molecule has 1 aliphatic heterocycles. The molecule has 1 amide bonds. The van der Waals surface area contributed by atoms with Crippen molar-refractivity contribution in [1.82, 2.24) is 10.2 Å². The zero-order chi connectivity index (χ0) is 12.8. The molecule has 0 aliphatic carbocycles. The summed E-state index contributed by atoms with van der Waals surface area (Å²) in [5, 5.41) is 3.53. The third kappa shape index (κ3) is 3.70. The molecule has 1 saturated heterocycles. The van der Waals surface area contributed by atoms with Crippen LogP contribution in [0.2, 0.25) is 0 Å². The lowest BCUT2D eigenvalue weighted by Gasteiger charge is -2.41. The molecule has 3 atom stereocenters. The zero-order valence-electron chi connectivity index (χ0n) is 11.8. The van der Waals surface area contributed by atoms with Gasteiger partial charge in [0.05, 0.1) is 0 Å². The second-order valence-electron chi connectivity index (χ2n) is 5.26. The first-order chi connectivity index (χ1) is 8.13. The van der Waals surface area contributed by atoms with E-state index in [0.717, 1.165) is 38.8 Å². The van der Waals surface area contributed by atoms with Gasteiger partial charge in [-0.25, -0.2) is 0 Å². The molecule has 3 unspecified atom stereocenters. The van der Waals surface area contributed by atoms with E-state index in [1.54, 1.807) is 0 Å². The topological polar surface area (TPSA) is 32.3 Å². The summed E-state index contributed by atoms with van der Waals surface area (Å²) >= 11 is 0. The van der Waals surface area contributed by atoms with Crippen LogP contribution in [0.4, 0.5) is 0 Å². The van der Waals surface area contributed by atoms with Crippen LogP contribution in [0.3, 0.4) is 0 Å². The smallest absolute Gasteiger partial charge is 0.225 e. The van der Waals surface area contributed by atoms with Crippen molar-refractivity contribution in [2.24, 2.45) is 5.92 Å². The van der Waals surface area contributed by atoms with E-state index in [-0.39, 0.29) is 5.92 Å². The van der Waals surface area contributed by atoms with Gasteiger partial charge in [-0.2, -0.15) is 0 Å². The highest BCUT2D eigenvalue weighted by Gasteiger charge is 2.31. The van der Waals surface area contributed by atoms with Crippen LogP contribution in [0.1, 0.15) is 53.4 Å². The molecule has 1 fully saturated rings. The highest BCUT2D eigenvalue weighted by atomic mass is 16.2. The van der Waals surface area contributed by atoms with Gasteiger partial charge in [-0.05, 0) is 19.3 Å².